The summed E-state index contributed by atoms with van der Waals surface area (Å²) >= 11 is 4.19. The monoisotopic (exact) mass is 464 g/mol. The van der Waals surface area contributed by atoms with E-state index >= 15 is 0 Å². The van der Waals surface area contributed by atoms with Gasteiger partial charge in [-0.1, -0.05) is 0 Å². The molecule has 1 rings (SSSR count). The third-order valence-corrected chi connectivity index (χ3v) is 3.63. The maximum Gasteiger partial charge on any atom is 0.134 e. The van der Waals surface area contributed by atoms with Gasteiger partial charge in [0.25, 0.3) is 0 Å². The summed E-state index contributed by atoms with van der Waals surface area (Å²) in [6.07, 6.45) is 0. The highest BCUT2D eigenvalue weighted by Gasteiger charge is 2.06. The quantitative estimate of drug-likeness (QED) is 0.499. The Morgan fingerprint density at radius 1 is 1.06 bits per heavy atom. The van der Waals surface area contributed by atoms with Crippen molar-refractivity contribution in [1.29, 1.82) is 0 Å². The number of ether oxygens (including phenoxy) is 3. The molecule has 0 fully saturated rings. The van der Waals surface area contributed by atoms with Crippen molar-refractivity contribution in [3.63, 3.8) is 0 Å². The number of benzene rings is 1. The average Bonchev–Trinajstić information content (AvgIpc) is 2.30. The number of hydrogen-bond donors (Lipinski definition) is 1. The molecule has 1 N–H and O–H groups in total. The molecule has 1 aromatic carbocycles. The van der Waals surface area contributed by atoms with Gasteiger partial charge < -0.3 is 19.3 Å². The summed E-state index contributed by atoms with van der Waals surface area (Å²) in [6.45, 7) is 2.18. The van der Waals surface area contributed by atoms with Crippen molar-refractivity contribution >= 4 is 45.2 Å². The van der Waals surface area contributed by atoms with Crippen LogP contribution in [0.1, 0.15) is 0 Å². The molecule has 4 nitrogen and oxygen atoms in total. The average molecular weight is 464 g/mol. The molecule has 0 radical (unpaired) electrons. The fourth-order valence-electron chi connectivity index (χ4n) is 1.08. The fourth-order valence-corrected chi connectivity index (χ4v) is 2.13. The van der Waals surface area contributed by atoms with Crippen LogP contribution in [0.5, 0.6) is 11.5 Å². The lowest BCUT2D eigenvalue weighted by Crippen LogP contribution is -2.10. The van der Waals surface area contributed by atoms with Crippen molar-refractivity contribution < 1.29 is 19.3 Å². The van der Waals surface area contributed by atoms with E-state index in [1.54, 1.807) is 13.2 Å². The number of phenols is 1. The number of phenolic OH excluding ortho intramolecular Hbond substituents is 1. The molecule has 6 heteroatoms. The van der Waals surface area contributed by atoms with E-state index in [1.807, 2.05) is 6.07 Å². The normalized spacial score (nSPS) is 10.5. The van der Waals surface area contributed by atoms with Crippen molar-refractivity contribution in [2.24, 2.45) is 0 Å². The minimum Gasteiger partial charge on any atom is -0.507 e. The van der Waals surface area contributed by atoms with Crippen LogP contribution in [0.25, 0.3) is 0 Å². The Hall–Kier alpha value is 0.200. The van der Waals surface area contributed by atoms with Crippen molar-refractivity contribution in [2.45, 2.75) is 0 Å². The highest BCUT2D eigenvalue weighted by molar-refractivity contribution is 14.1. The molecule has 96 valence electrons. The zero-order chi connectivity index (χ0) is 12.7. The van der Waals surface area contributed by atoms with Gasteiger partial charge in [-0.05, 0) is 57.3 Å². The molecular weight excluding hydrogens is 450 g/mol. The van der Waals surface area contributed by atoms with E-state index in [0.717, 1.165) is 12.9 Å². The van der Waals surface area contributed by atoms with E-state index in [-0.39, 0.29) is 5.75 Å². The summed E-state index contributed by atoms with van der Waals surface area (Å²) in [4.78, 5) is 0. The van der Waals surface area contributed by atoms with Gasteiger partial charge in [-0.25, -0.2) is 0 Å². The second-order valence-electron chi connectivity index (χ2n) is 3.19. The smallest absolute Gasteiger partial charge is 0.134 e. The highest BCUT2D eigenvalue weighted by Crippen LogP contribution is 2.30. The largest absolute Gasteiger partial charge is 0.507 e. The summed E-state index contributed by atoms with van der Waals surface area (Å²) in [5.74, 6) is 1.04. The topological polar surface area (TPSA) is 47.9 Å². The van der Waals surface area contributed by atoms with E-state index in [0.29, 0.717) is 26.4 Å². The van der Waals surface area contributed by atoms with Gasteiger partial charge in [-0.2, -0.15) is 0 Å². The summed E-state index contributed by atoms with van der Waals surface area (Å²) in [5.41, 5.74) is 0. The molecule has 0 amide bonds. The van der Waals surface area contributed by atoms with Gasteiger partial charge in [0, 0.05) is 7.11 Å². The van der Waals surface area contributed by atoms with Gasteiger partial charge in [0.05, 0.1) is 27.0 Å². The van der Waals surface area contributed by atoms with Gasteiger partial charge in [0.1, 0.15) is 18.1 Å². The number of rotatable bonds is 7. The molecular formula is C11H14I2O4. The van der Waals surface area contributed by atoms with E-state index in [9.17, 15) is 5.11 Å². The molecule has 0 heterocycles. The molecule has 17 heavy (non-hydrogen) atoms. The van der Waals surface area contributed by atoms with Gasteiger partial charge in [0.15, 0.2) is 0 Å². The number of aromatic hydroxyl groups is 1. The van der Waals surface area contributed by atoms with Crippen LogP contribution in [0.4, 0.5) is 0 Å². The van der Waals surface area contributed by atoms with Gasteiger partial charge in [-0.3, -0.25) is 0 Å². The molecule has 0 unspecified atom stereocenters. The lowest BCUT2D eigenvalue weighted by atomic mass is 10.3. The van der Waals surface area contributed by atoms with Crippen LogP contribution < -0.4 is 4.74 Å². The highest BCUT2D eigenvalue weighted by atomic mass is 127. The van der Waals surface area contributed by atoms with Crippen molar-refractivity contribution in [3.8, 4) is 11.5 Å². The third kappa shape index (κ3) is 5.58. The second kappa shape index (κ2) is 8.33. The molecule has 0 spiro atoms. The zero-order valence-corrected chi connectivity index (χ0v) is 13.7. The fraction of sp³-hybridized carbons (Fsp3) is 0.455. The Bertz CT molecular complexity index is 358. The molecule has 0 aliphatic rings. The minimum atomic E-state index is 0.277. The molecule has 0 aromatic heterocycles. The predicted molar refractivity (Wildman–Crippen MR) is 81.7 cm³/mol. The van der Waals surface area contributed by atoms with Crippen LogP contribution in [-0.2, 0) is 9.47 Å². The number of methoxy groups -OCH3 is 1. The summed E-state index contributed by atoms with van der Waals surface area (Å²) in [6, 6.07) is 3.50. The maximum atomic E-state index is 9.49. The minimum absolute atomic E-state index is 0.277. The van der Waals surface area contributed by atoms with Crippen molar-refractivity contribution in [2.75, 3.05) is 33.5 Å². The molecule has 0 saturated carbocycles. The molecule has 0 atom stereocenters. The van der Waals surface area contributed by atoms with Crippen molar-refractivity contribution in [3.05, 3.63) is 19.3 Å². The lowest BCUT2D eigenvalue weighted by molar-refractivity contribution is 0.0543. The maximum absolute atomic E-state index is 9.49. The Labute approximate surface area is 128 Å². The predicted octanol–water partition coefficient (Wildman–Crippen LogP) is 2.64. The molecule has 0 aliphatic heterocycles. The SMILES string of the molecule is COCCOCCOc1cc(I)c(O)cc1I. The van der Waals surface area contributed by atoms with Crippen LogP contribution in [0, 0.1) is 7.14 Å². The molecule has 1 aromatic rings. The first-order chi connectivity index (χ1) is 8.15. The van der Waals surface area contributed by atoms with Gasteiger partial charge in [-0.15, -0.1) is 0 Å². The zero-order valence-electron chi connectivity index (χ0n) is 9.41. The molecule has 0 bridgehead atoms. The van der Waals surface area contributed by atoms with E-state index in [2.05, 4.69) is 45.2 Å². The first-order valence-electron chi connectivity index (χ1n) is 5.02. The molecule has 0 saturated heterocycles. The van der Waals surface area contributed by atoms with Crippen LogP contribution in [0.15, 0.2) is 12.1 Å². The summed E-state index contributed by atoms with van der Waals surface area (Å²) in [7, 11) is 1.64. The Morgan fingerprint density at radius 2 is 1.76 bits per heavy atom. The second-order valence-corrected chi connectivity index (χ2v) is 5.51. The Balaban J connectivity index is 2.34. The van der Waals surface area contributed by atoms with Crippen molar-refractivity contribution in [1.82, 2.24) is 0 Å². The lowest BCUT2D eigenvalue weighted by Gasteiger charge is -2.10. The van der Waals surface area contributed by atoms with Gasteiger partial charge >= 0.3 is 0 Å². The third-order valence-electron chi connectivity index (χ3n) is 1.92. The van der Waals surface area contributed by atoms with Crippen LogP contribution in [-0.4, -0.2) is 38.6 Å². The van der Waals surface area contributed by atoms with E-state index < -0.39 is 0 Å². The van der Waals surface area contributed by atoms with E-state index in [4.69, 9.17) is 14.2 Å². The van der Waals surface area contributed by atoms with Crippen LogP contribution in [0.2, 0.25) is 0 Å². The Kier molecular flexibility index (Phi) is 7.47. The van der Waals surface area contributed by atoms with Gasteiger partial charge in [0.2, 0.25) is 0 Å². The molecule has 0 aliphatic carbocycles. The van der Waals surface area contributed by atoms with Crippen LogP contribution >= 0.6 is 45.2 Å². The first kappa shape index (κ1) is 15.3. The van der Waals surface area contributed by atoms with Crippen LogP contribution in [0.3, 0.4) is 0 Å². The summed E-state index contributed by atoms with van der Waals surface area (Å²) < 4.78 is 17.4. The number of halogens is 2. The summed E-state index contributed by atoms with van der Waals surface area (Å²) in [5, 5.41) is 9.49. The first-order valence-corrected chi connectivity index (χ1v) is 7.18. The standard InChI is InChI=1S/C11H14I2O4/c1-15-2-3-16-4-5-17-11-7-8(12)10(14)6-9(11)13/h6-7,14H,2-5H2,1H3. The van der Waals surface area contributed by atoms with E-state index in [1.165, 1.54) is 0 Å². The Morgan fingerprint density at radius 3 is 2.47 bits per heavy atom. The number of hydrogen-bond acceptors (Lipinski definition) is 4.